The number of hydrogen-bond donors (Lipinski definition) is 0. The molecule has 1 aromatic heterocycles. The smallest absolute Gasteiger partial charge is 0.248 e. The molecule has 0 atom stereocenters. The van der Waals surface area contributed by atoms with Crippen LogP contribution < -0.4 is 4.74 Å². The number of benzene rings is 2. The van der Waals surface area contributed by atoms with Crippen LogP contribution in [0.3, 0.4) is 0 Å². The van der Waals surface area contributed by atoms with E-state index in [0.717, 1.165) is 29.9 Å². The van der Waals surface area contributed by atoms with E-state index in [2.05, 4.69) is 23.2 Å². The second kappa shape index (κ2) is 9.54. The lowest BCUT2D eigenvalue weighted by atomic mass is 10.1. The molecule has 5 nitrogen and oxygen atoms in total. The second-order valence-electron chi connectivity index (χ2n) is 6.39. The van der Waals surface area contributed by atoms with Gasteiger partial charge in [0.15, 0.2) is 0 Å². The zero-order valence-corrected chi connectivity index (χ0v) is 15.5. The number of unbranched alkanes of at least 4 members (excludes halogenated alkanes) is 4. The summed E-state index contributed by atoms with van der Waals surface area (Å²) in [5, 5.41) is 17.1. The van der Waals surface area contributed by atoms with Crippen molar-refractivity contribution >= 4 is 0 Å². The Hall–Kier alpha value is -3.13. The summed E-state index contributed by atoms with van der Waals surface area (Å²) in [4.78, 5) is 0. The highest BCUT2D eigenvalue weighted by atomic mass is 16.5. The van der Waals surface area contributed by atoms with Crippen molar-refractivity contribution in [1.82, 2.24) is 10.2 Å². The molecular weight excluding hydrogens is 338 g/mol. The number of rotatable bonds is 9. The molecule has 2 aromatic carbocycles. The molecule has 0 saturated carbocycles. The molecule has 0 aliphatic carbocycles. The third kappa shape index (κ3) is 5.18. The van der Waals surface area contributed by atoms with E-state index in [1.165, 1.54) is 25.7 Å². The first-order valence-corrected chi connectivity index (χ1v) is 9.37. The molecule has 1 heterocycles. The van der Waals surface area contributed by atoms with E-state index in [0.29, 0.717) is 17.3 Å². The van der Waals surface area contributed by atoms with Crippen LogP contribution in [0, 0.1) is 11.3 Å². The first-order valence-electron chi connectivity index (χ1n) is 9.37. The molecule has 5 heteroatoms. The molecule has 27 heavy (non-hydrogen) atoms. The van der Waals surface area contributed by atoms with Gasteiger partial charge in [0.1, 0.15) is 5.75 Å². The maximum absolute atomic E-state index is 8.86. The minimum Gasteiger partial charge on any atom is -0.494 e. The Morgan fingerprint density at radius 1 is 0.852 bits per heavy atom. The summed E-state index contributed by atoms with van der Waals surface area (Å²) < 4.78 is 11.5. The summed E-state index contributed by atoms with van der Waals surface area (Å²) >= 11 is 0. The summed E-state index contributed by atoms with van der Waals surface area (Å²) in [5.41, 5.74) is 2.23. The van der Waals surface area contributed by atoms with Crippen LogP contribution in [-0.4, -0.2) is 16.8 Å². The summed E-state index contributed by atoms with van der Waals surface area (Å²) in [6.45, 7) is 2.96. The van der Waals surface area contributed by atoms with Gasteiger partial charge in [0.05, 0.1) is 18.2 Å². The third-order valence-corrected chi connectivity index (χ3v) is 4.30. The zero-order valence-electron chi connectivity index (χ0n) is 15.5. The Bertz CT molecular complexity index is 877. The average molecular weight is 361 g/mol. The fourth-order valence-electron chi connectivity index (χ4n) is 2.73. The highest BCUT2D eigenvalue weighted by Crippen LogP contribution is 2.25. The Kier molecular flexibility index (Phi) is 6.59. The number of ether oxygens (including phenoxy) is 1. The summed E-state index contributed by atoms with van der Waals surface area (Å²) in [6, 6.07) is 16.8. The lowest BCUT2D eigenvalue weighted by Gasteiger charge is -2.06. The van der Waals surface area contributed by atoms with Gasteiger partial charge in [-0.25, -0.2) is 0 Å². The van der Waals surface area contributed by atoms with Crippen LogP contribution in [-0.2, 0) is 0 Å². The number of aromatic nitrogens is 2. The highest BCUT2D eigenvalue weighted by molar-refractivity contribution is 5.59. The molecule has 3 rings (SSSR count). The van der Waals surface area contributed by atoms with E-state index in [-0.39, 0.29) is 0 Å². The first kappa shape index (κ1) is 18.7. The van der Waals surface area contributed by atoms with E-state index in [1.54, 1.807) is 24.3 Å². The first-order chi connectivity index (χ1) is 13.3. The molecule has 0 spiro atoms. The lowest BCUT2D eigenvalue weighted by molar-refractivity contribution is 0.304. The molecule has 0 aliphatic rings. The molecule has 0 fully saturated rings. The summed E-state index contributed by atoms with van der Waals surface area (Å²) in [7, 11) is 0. The molecule has 0 unspecified atom stereocenters. The molecular formula is C22H23N3O2. The molecule has 0 N–H and O–H groups in total. The van der Waals surface area contributed by atoms with Gasteiger partial charge in [0, 0.05) is 11.1 Å². The van der Waals surface area contributed by atoms with Gasteiger partial charge in [-0.05, 0) is 55.0 Å². The SMILES string of the molecule is CCCCCCCOc1ccc(-c2nnc(-c3ccc(C#N)cc3)o2)cc1. The van der Waals surface area contributed by atoms with Gasteiger partial charge in [-0.15, -0.1) is 10.2 Å². The maximum Gasteiger partial charge on any atom is 0.248 e. The van der Waals surface area contributed by atoms with Crippen molar-refractivity contribution in [3.63, 3.8) is 0 Å². The van der Waals surface area contributed by atoms with Crippen molar-refractivity contribution in [1.29, 1.82) is 5.26 Å². The molecule has 138 valence electrons. The largest absolute Gasteiger partial charge is 0.494 e. The average Bonchev–Trinajstić information content (AvgIpc) is 3.21. The van der Waals surface area contributed by atoms with E-state index < -0.39 is 0 Å². The molecule has 0 amide bonds. The predicted molar refractivity (Wildman–Crippen MR) is 104 cm³/mol. The predicted octanol–water partition coefficient (Wildman–Crippen LogP) is 5.62. The minimum atomic E-state index is 0.432. The Morgan fingerprint density at radius 3 is 2.04 bits per heavy atom. The van der Waals surface area contributed by atoms with Crippen molar-refractivity contribution in [2.75, 3.05) is 6.61 Å². The Morgan fingerprint density at radius 2 is 1.44 bits per heavy atom. The van der Waals surface area contributed by atoms with E-state index in [9.17, 15) is 0 Å². The van der Waals surface area contributed by atoms with Gasteiger partial charge in [0.25, 0.3) is 0 Å². The van der Waals surface area contributed by atoms with Crippen molar-refractivity contribution in [2.24, 2.45) is 0 Å². The summed E-state index contributed by atoms with van der Waals surface area (Å²) in [6.07, 6.45) is 6.12. The van der Waals surface area contributed by atoms with Crippen molar-refractivity contribution < 1.29 is 9.15 Å². The van der Waals surface area contributed by atoms with Crippen molar-refractivity contribution in [3.8, 4) is 34.7 Å². The molecule has 0 bridgehead atoms. The van der Waals surface area contributed by atoms with Crippen LogP contribution in [0.2, 0.25) is 0 Å². The molecule has 0 aliphatic heterocycles. The quantitative estimate of drug-likeness (QED) is 0.462. The fourth-order valence-corrected chi connectivity index (χ4v) is 2.73. The summed E-state index contributed by atoms with van der Waals surface area (Å²) in [5.74, 6) is 1.74. The second-order valence-corrected chi connectivity index (χ2v) is 6.39. The van der Waals surface area contributed by atoms with Crippen LogP contribution in [0.5, 0.6) is 5.75 Å². The minimum absolute atomic E-state index is 0.432. The van der Waals surface area contributed by atoms with Gasteiger partial charge in [-0.3, -0.25) is 0 Å². The number of nitrogens with zero attached hydrogens (tertiary/aromatic N) is 3. The Balaban J connectivity index is 1.57. The number of nitriles is 1. The third-order valence-electron chi connectivity index (χ3n) is 4.30. The van der Waals surface area contributed by atoms with E-state index in [1.807, 2.05) is 24.3 Å². The normalized spacial score (nSPS) is 10.5. The van der Waals surface area contributed by atoms with Crippen LogP contribution >= 0.6 is 0 Å². The van der Waals surface area contributed by atoms with Gasteiger partial charge < -0.3 is 9.15 Å². The van der Waals surface area contributed by atoms with E-state index >= 15 is 0 Å². The molecule has 3 aromatic rings. The van der Waals surface area contributed by atoms with Crippen LogP contribution in [0.1, 0.15) is 44.6 Å². The van der Waals surface area contributed by atoms with Gasteiger partial charge in [-0.1, -0.05) is 32.6 Å². The Labute approximate surface area is 159 Å². The van der Waals surface area contributed by atoms with Gasteiger partial charge in [-0.2, -0.15) is 5.26 Å². The van der Waals surface area contributed by atoms with Gasteiger partial charge in [0.2, 0.25) is 11.8 Å². The lowest BCUT2D eigenvalue weighted by Crippen LogP contribution is -1.97. The number of hydrogen-bond acceptors (Lipinski definition) is 5. The van der Waals surface area contributed by atoms with E-state index in [4.69, 9.17) is 14.4 Å². The maximum atomic E-state index is 8.86. The standard InChI is InChI=1S/C22H23N3O2/c1-2-3-4-5-6-15-26-20-13-11-19(12-14-20)22-25-24-21(27-22)18-9-7-17(16-23)8-10-18/h7-14H,2-6,15H2,1H3. The zero-order chi connectivity index (χ0) is 18.9. The van der Waals surface area contributed by atoms with Gasteiger partial charge >= 0.3 is 0 Å². The fraction of sp³-hybridized carbons (Fsp3) is 0.318. The molecule has 0 radical (unpaired) electrons. The van der Waals surface area contributed by atoms with Crippen LogP contribution in [0.25, 0.3) is 22.9 Å². The van der Waals surface area contributed by atoms with Crippen LogP contribution in [0.4, 0.5) is 0 Å². The topological polar surface area (TPSA) is 71.9 Å². The monoisotopic (exact) mass is 361 g/mol. The van der Waals surface area contributed by atoms with Crippen molar-refractivity contribution in [3.05, 3.63) is 54.1 Å². The van der Waals surface area contributed by atoms with Crippen molar-refractivity contribution in [2.45, 2.75) is 39.0 Å². The highest BCUT2D eigenvalue weighted by Gasteiger charge is 2.10. The molecule has 0 saturated heterocycles. The van der Waals surface area contributed by atoms with Crippen LogP contribution in [0.15, 0.2) is 52.9 Å².